The number of rotatable bonds is 4. The fraction of sp³-hybridized carbons (Fsp3) is 0.571. The van der Waals surface area contributed by atoms with Crippen LogP contribution in [0.3, 0.4) is 0 Å². The van der Waals surface area contributed by atoms with Gasteiger partial charge in [-0.25, -0.2) is 4.98 Å². The lowest BCUT2D eigenvalue weighted by Gasteiger charge is -2.18. The molecule has 1 atom stereocenters. The zero-order valence-electron chi connectivity index (χ0n) is 11.6. The molecule has 1 unspecified atom stereocenters. The summed E-state index contributed by atoms with van der Waals surface area (Å²) in [5.41, 5.74) is 8.35. The van der Waals surface area contributed by atoms with Crippen LogP contribution in [0.15, 0.2) is 18.5 Å². The van der Waals surface area contributed by atoms with Gasteiger partial charge >= 0.3 is 0 Å². The minimum atomic E-state index is -0.0141. The lowest BCUT2D eigenvalue weighted by Crippen LogP contribution is -2.19. The third-order valence-corrected chi connectivity index (χ3v) is 3.09. The summed E-state index contributed by atoms with van der Waals surface area (Å²) in [6, 6.07) is 2.35. The molecule has 0 aliphatic heterocycles. The molecule has 0 aliphatic carbocycles. The van der Waals surface area contributed by atoms with Crippen molar-refractivity contribution in [1.29, 1.82) is 0 Å². The molecule has 4 nitrogen and oxygen atoms in total. The second-order valence-corrected chi connectivity index (χ2v) is 5.53. The number of hydrogen-bond donors (Lipinski definition) is 1. The van der Waals surface area contributed by atoms with Gasteiger partial charge in [0.1, 0.15) is 11.3 Å². The molecule has 98 valence electrons. The van der Waals surface area contributed by atoms with Gasteiger partial charge in [-0.2, -0.15) is 0 Å². The Labute approximate surface area is 108 Å². The summed E-state index contributed by atoms with van der Waals surface area (Å²) in [6.45, 7) is 8.69. The Morgan fingerprint density at radius 3 is 2.61 bits per heavy atom. The van der Waals surface area contributed by atoms with Gasteiger partial charge in [0.25, 0.3) is 0 Å². The summed E-state index contributed by atoms with van der Waals surface area (Å²) in [4.78, 5) is 8.79. The van der Waals surface area contributed by atoms with Gasteiger partial charge in [0.15, 0.2) is 0 Å². The Balaban J connectivity index is 2.52. The molecule has 0 fully saturated rings. The van der Waals surface area contributed by atoms with E-state index in [0.717, 1.165) is 23.3 Å². The zero-order valence-corrected chi connectivity index (χ0v) is 11.6. The molecule has 18 heavy (non-hydrogen) atoms. The van der Waals surface area contributed by atoms with Gasteiger partial charge in [-0.3, -0.25) is 4.98 Å². The van der Waals surface area contributed by atoms with E-state index >= 15 is 0 Å². The Kier molecular flexibility index (Phi) is 3.66. The van der Waals surface area contributed by atoms with Crippen LogP contribution in [0.2, 0.25) is 0 Å². The van der Waals surface area contributed by atoms with E-state index in [9.17, 15) is 0 Å². The molecule has 4 heteroatoms. The third-order valence-electron chi connectivity index (χ3n) is 3.09. The van der Waals surface area contributed by atoms with Gasteiger partial charge in [-0.05, 0) is 32.3 Å². The normalized spacial score (nSPS) is 13.7. The fourth-order valence-electron chi connectivity index (χ4n) is 2.39. The van der Waals surface area contributed by atoms with Gasteiger partial charge in [0, 0.05) is 12.2 Å². The van der Waals surface area contributed by atoms with E-state index < -0.39 is 0 Å². The van der Waals surface area contributed by atoms with Crippen LogP contribution < -0.4 is 5.73 Å². The Bertz CT molecular complexity index is 528. The molecule has 2 aromatic rings. The summed E-state index contributed by atoms with van der Waals surface area (Å²) < 4.78 is 2.23. The lowest BCUT2D eigenvalue weighted by atomic mass is 10.0. The van der Waals surface area contributed by atoms with E-state index in [0.29, 0.717) is 12.0 Å². The minimum absolute atomic E-state index is 0.0141. The predicted octanol–water partition coefficient (Wildman–Crippen LogP) is 3.06. The van der Waals surface area contributed by atoms with Crippen LogP contribution in [-0.4, -0.2) is 14.5 Å². The number of nitrogens with zero attached hydrogens (tertiary/aromatic N) is 3. The third kappa shape index (κ3) is 2.38. The maximum atomic E-state index is 6.29. The van der Waals surface area contributed by atoms with Crippen LogP contribution in [0.1, 0.15) is 52.0 Å². The first-order valence-electron chi connectivity index (χ1n) is 6.58. The van der Waals surface area contributed by atoms with Crippen molar-refractivity contribution in [3.05, 3.63) is 24.3 Å². The number of aromatic nitrogens is 3. The van der Waals surface area contributed by atoms with Crippen LogP contribution in [0, 0.1) is 5.92 Å². The van der Waals surface area contributed by atoms with Crippen LogP contribution in [0.4, 0.5) is 0 Å². The maximum absolute atomic E-state index is 6.29. The highest BCUT2D eigenvalue weighted by Gasteiger charge is 2.19. The molecule has 0 radical (unpaired) electrons. The van der Waals surface area contributed by atoms with Crippen LogP contribution in [0.25, 0.3) is 11.0 Å². The van der Waals surface area contributed by atoms with Gasteiger partial charge in [0.05, 0.1) is 17.8 Å². The van der Waals surface area contributed by atoms with E-state index in [1.165, 1.54) is 0 Å². The van der Waals surface area contributed by atoms with E-state index in [2.05, 4.69) is 42.2 Å². The van der Waals surface area contributed by atoms with Gasteiger partial charge < -0.3 is 10.3 Å². The molecule has 2 heterocycles. The molecule has 0 saturated carbocycles. The zero-order chi connectivity index (χ0) is 13.3. The Morgan fingerprint density at radius 1 is 1.28 bits per heavy atom. The molecule has 0 amide bonds. The predicted molar refractivity (Wildman–Crippen MR) is 74.3 cm³/mol. The van der Waals surface area contributed by atoms with Gasteiger partial charge in [0.2, 0.25) is 0 Å². The molecule has 2 aromatic heterocycles. The highest BCUT2D eigenvalue weighted by atomic mass is 15.1. The molecular weight excluding hydrogens is 224 g/mol. The van der Waals surface area contributed by atoms with Gasteiger partial charge in [-0.1, -0.05) is 13.8 Å². The smallest absolute Gasteiger partial charge is 0.127 e. The van der Waals surface area contributed by atoms with Crippen molar-refractivity contribution < 1.29 is 0 Å². The van der Waals surface area contributed by atoms with E-state index in [4.69, 9.17) is 5.73 Å². The first-order chi connectivity index (χ1) is 8.50. The minimum Gasteiger partial charge on any atom is -0.324 e. The second kappa shape index (κ2) is 5.06. The van der Waals surface area contributed by atoms with Crippen molar-refractivity contribution in [2.75, 3.05) is 0 Å². The summed E-state index contributed by atoms with van der Waals surface area (Å²) >= 11 is 0. The first kappa shape index (κ1) is 13.0. The molecule has 0 aromatic carbocycles. The number of imidazole rings is 1. The van der Waals surface area contributed by atoms with Crippen molar-refractivity contribution in [2.45, 2.75) is 46.2 Å². The molecule has 0 bridgehead atoms. The summed E-state index contributed by atoms with van der Waals surface area (Å²) in [5, 5.41) is 0. The number of fused-ring (bicyclic) bond motifs is 1. The van der Waals surface area contributed by atoms with Crippen molar-refractivity contribution in [3.63, 3.8) is 0 Å². The van der Waals surface area contributed by atoms with E-state index in [-0.39, 0.29) is 6.04 Å². The first-order valence-corrected chi connectivity index (χ1v) is 6.58. The van der Waals surface area contributed by atoms with Gasteiger partial charge in [-0.15, -0.1) is 0 Å². The monoisotopic (exact) mass is 246 g/mol. The van der Waals surface area contributed by atoms with Crippen molar-refractivity contribution in [2.24, 2.45) is 11.7 Å². The maximum Gasteiger partial charge on any atom is 0.127 e. The quantitative estimate of drug-likeness (QED) is 0.902. The molecule has 0 aliphatic rings. The summed E-state index contributed by atoms with van der Waals surface area (Å²) in [6.07, 6.45) is 4.56. The van der Waals surface area contributed by atoms with Crippen LogP contribution in [0.5, 0.6) is 0 Å². The highest BCUT2D eigenvalue weighted by molar-refractivity contribution is 5.75. The number of pyridine rings is 1. The Morgan fingerprint density at radius 2 is 2.00 bits per heavy atom. The molecule has 0 spiro atoms. The fourth-order valence-corrected chi connectivity index (χ4v) is 2.39. The second-order valence-electron chi connectivity index (χ2n) is 5.53. The molecule has 2 rings (SSSR count). The lowest BCUT2D eigenvalue weighted by molar-refractivity contribution is 0.463. The number of nitrogens with two attached hydrogens (primary N) is 1. The number of hydrogen-bond acceptors (Lipinski definition) is 3. The Hall–Kier alpha value is -1.42. The highest BCUT2D eigenvalue weighted by Crippen LogP contribution is 2.26. The largest absolute Gasteiger partial charge is 0.324 e. The van der Waals surface area contributed by atoms with E-state index in [1.807, 2.05) is 6.07 Å². The average Bonchev–Trinajstić information content (AvgIpc) is 2.67. The van der Waals surface area contributed by atoms with Crippen molar-refractivity contribution in [3.8, 4) is 0 Å². The summed E-state index contributed by atoms with van der Waals surface area (Å²) in [7, 11) is 0. The topological polar surface area (TPSA) is 56.7 Å². The van der Waals surface area contributed by atoms with Crippen LogP contribution >= 0.6 is 0 Å². The molecular formula is C14H22N4. The average molecular weight is 246 g/mol. The van der Waals surface area contributed by atoms with Crippen molar-refractivity contribution in [1.82, 2.24) is 14.5 Å². The summed E-state index contributed by atoms with van der Waals surface area (Å²) in [5.74, 6) is 1.54. The van der Waals surface area contributed by atoms with E-state index in [1.54, 1.807) is 12.4 Å². The van der Waals surface area contributed by atoms with Crippen molar-refractivity contribution >= 4 is 11.0 Å². The SMILES string of the molecule is CC(C)CC(N)c1nc2cnccc2n1C(C)C. The molecule has 2 N–H and O–H groups in total. The van der Waals surface area contributed by atoms with Crippen LogP contribution in [-0.2, 0) is 0 Å². The standard InChI is InChI=1S/C14H22N4/c1-9(2)7-11(15)14-17-12-8-16-6-5-13(12)18(14)10(3)4/h5-6,8-11H,7,15H2,1-4H3. The molecule has 0 saturated heterocycles.